The highest BCUT2D eigenvalue weighted by Gasteiger charge is 2.19. The predicted molar refractivity (Wildman–Crippen MR) is 105 cm³/mol. The van der Waals surface area contributed by atoms with E-state index in [1.54, 1.807) is 31.2 Å². The highest BCUT2D eigenvalue weighted by atomic mass is 35.5. The third kappa shape index (κ3) is 5.49. The molecular formula is C18H21ClN4O3S. The quantitative estimate of drug-likeness (QED) is 0.766. The summed E-state index contributed by atoms with van der Waals surface area (Å²) in [5.74, 6) is -0.724. The van der Waals surface area contributed by atoms with E-state index in [1.807, 2.05) is 5.38 Å². The summed E-state index contributed by atoms with van der Waals surface area (Å²) in [5.41, 5.74) is 1.24. The van der Waals surface area contributed by atoms with Gasteiger partial charge in [0.25, 0.3) is 5.91 Å². The van der Waals surface area contributed by atoms with Crippen LogP contribution in [0.1, 0.15) is 23.0 Å². The molecular weight excluding hydrogens is 388 g/mol. The van der Waals surface area contributed by atoms with Crippen LogP contribution in [0.25, 0.3) is 0 Å². The van der Waals surface area contributed by atoms with Crippen molar-refractivity contribution in [1.29, 1.82) is 0 Å². The molecule has 1 atom stereocenters. The third-order valence-corrected chi connectivity index (χ3v) is 5.27. The zero-order chi connectivity index (χ0) is 19.2. The predicted octanol–water partition coefficient (Wildman–Crippen LogP) is 2.39. The molecule has 0 radical (unpaired) electrons. The van der Waals surface area contributed by atoms with Crippen molar-refractivity contribution >= 4 is 39.9 Å². The highest BCUT2D eigenvalue weighted by molar-refractivity contribution is 7.13. The lowest BCUT2D eigenvalue weighted by atomic mass is 10.2. The van der Waals surface area contributed by atoms with Gasteiger partial charge in [-0.3, -0.25) is 14.5 Å². The first-order valence-corrected chi connectivity index (χ1v) is 9.89. The number of ether oxygens (including phenoxy) is 1. The first-order chi connectivity index (χ1) is 13.0. The Morgan fingerprint density at radius 2 is 2.07 bits per heavy atom. The van der Waals surface area contributed by atoms with Crippen LogP contribution in [0.5, 0.6) is 0 Å². The van der Waals surface area contributed by atoms with E-state index >= 15 is 0 Å². The smallest absolute Gasteiger partial charge is 0.253 e. The molecule has 1 unspecified atom stereocenters. The Morgan fingerprint density at radius 1 is 1.33 bits per heavy atom. The number of carbonyl (C=O) groups excluding carboxylic acids is 2. The van der Waals surface area contributed by atoms with Crippen LogP contribution in [0.2, 0.25) is 5.02 Å². The molecule has 2 amide bonds. The largest absolute Gasteiger partial charge is 0.379 e. The molecule has 7 nitrogen and oxygen atoms in total. The van der Waals surface area contributed by atoms with Crippen LogP contribution in [0.4, 0.5) is 5.13 Å². The van der Waals surface area contributed by atoms with Crippen LogP contribution in [0.15, 0.2) is 29.6 Å². The lowest BCUT2D eigenvalue weighted by molar-refractivity contribution is -0.117. The fourth-order valence-electron chi connectivity index (χ4n) is 2.62. The molecule has 1 aromatic heterocycles. The second kappa shape index (κ2) is 9.27. The van der Waals surface area contributed by atoms with Gasteiger partial charge in [-0.25, -0.2) is 4.98 Å². The second-order valence-electron chi connectivity index (χ2n) is 6.20. The van der Waals surface area contributed by atoms with E-state index in [1.165, 1.54) is 11.3 Å². The van der Waals surface area contributed by atoms with Gasteiger partial charge in [0.2, 0.25) is 5.91 Å². The van der Waals surface area contributed by atoms with E-state index in [-0.39, 0.29) is 5.91 Å². The van der Waals surface area contributed by atoms with Gasteiger partial charge in [0.15, 0.2) is 5.13 Å². The zero-order valence-corrected chi connectivity index (χ0v) is 16.5. The van der Waals surface area contributed by atoms with E-state index < -0.39 is 11.9 Å². The van der Waals surface area contributed by atoms with E-state index in [0.29, 0.717) is 15.7 Å². The Labute approximate surface area is 166 Å². The SMILES string of the molecule is CC(NC(=O)c1ccccc1Cl)C(=O)Nc1nc(CN2CCOCC2)cs1. The zero-order valence-electron chi connectivity index (χ0n) is 14.9. The van der Waals surface area contributed by atoms with Crippen molar-refractivity contribution in [2.45, 2.75) is 19.5 Å². The molecule has 0 saturated carbocycles. The van der Waals surface area contributed by atoms with Crippen molar-refractivity contribution in [3.8, 4) is 0 Å². The summed E-state index contributed by atoms with van der Waals surface area (Å²) in [6, 6.07) is 5.98. The fourth-order valence-corrected chi connectivity index (χ4v) is 3.55. The number of carbonyl (C=O) groups is 2. The lowest BCUT2D eigenvalue weighted by Gasteiger charge is -2.25. The minimum absolute atomic E-state index is 0.331. The van der Waals surface area contributed by atoms with E-state index in [9.17, 15) is 9.59 Å². The first-order valence-electron chi connectivity index (χ1n) is 8.63. The second-order valence-corrected chi connectivity index (χ2v) is 7.46. The number of aromatic nitrogens is 1. The number of nitrogens with zero attached hydrogens (tertiary/aromatic N) is 2. The van der Waals surface area contributed by atoms with Crippen LogP contribution in [0, 0.1) is 0 Å². The summed E-state index contributed by atoms with van der Waals surface area (Å²) in [6.07, 6.45) is 0. The monoisotopic (exact) mass is 408 g/mol. The first kappa shape index (κ1) is 19.8. The van der Waals surface area contributed by atoms with Crippen LogP contribution in [-0.2, 0) is 16.1 Å². The van der Waals surface area contributed by atoms with E-state index in [4.69, 9.17) is 16.3 Å². The number of halogens is 1. The van der Waals surface area contributed by atoms with Crippen LogP contribution < -0.4 is 10.6 Å². The molecule has 2 heterocycles. The van der Waals surface area contributed by atoms with Crippen molar-refractivity contribution in [3.05, 3.63) is 45.9 Å². The van der Waals surface area contributed by atoms with Gasteiger partial charge < -0.3 is 15.4 Å². The molecule has 2 aromatic rings. The lowest BCUT2D eigenvalue weighted by Crippen LogP contribution is -2.41. The Kier molecular flexibility index (Phi) is 6.78. The maximum absolute atomic E-state index is 12.3. The van der Waals surface area contributed by atoms with Gasteiger partial charge in [-0.05, 0) is 19.1 Å². The topological polar surface area (TPSA) is 83.6 Å². The molecule has 1 saturated heterocycles. The standard InChI is InChI=1S/C18H21ClN4O3S/c1-12(20-17(25)14-4-2-3-5-15(14)19)16(24)22-18-21-13(11-27-18)10-23-6-8-26-9-7-23/h2-5,11-12H,6-10H2,1H3,(H,20,25)(H,21,22,24). The third-order valence-electron chi connectivity index (χ3n) is 4.13. The Balaban J connectivity index is 1.52. The van der Waals surface area contributed by atoms with Crippen LogP contribution in [-0.4, -0.2) is 54.0 Å². The number of rotatable bonds is 6. The molecule has 2 N–H and O–H groups in total. The Hall–Kier alpha value is -2.00. The van der Waals surface area contributed by atoms with Gasteiger partial charge >= 0.3 is 0 Å². The normalized spacial score (nSPS) is 15.9. The molecule has 1 aliphatic rings. The molecule has 144 valence electrons. The summed E-state index contributed by atoms with van der Waals surface area (Å²) in [4.78, 5) is 31.3. The number of anilines is 1. The van der Waals surface area contributed by atoms with Gasteiger partial charge in [0.05, 0.1) is 29.5 Å². The minimum Gasteiger partial charge on any atom is -0.379 e. The maximum Gasteiger partial charge on any atom is 0.253 e. The van der Waals surface area contributed by atoms with Gasteiger partial charge in [-0.15, -0.1) is 11.3 Å². The molecule has 0 aliphatic carbocycles. The van der Waals surface area contributed by atoms with Crippen molar-refractivity contribution < 1.29 is 14.3 Å². The summed E-state index contributed by atoms with van der Waals surface area (Å²) < 4.78 is 5.33. The number of morpholine rings is 1. The molecule has 9 heteroatoms. The van der Waals surface area contributed by atoms with Gasteiger partial charge in [0, 0.05) is 25.0 Å². The molecule has 3 rings (SSSR count). The molecule has 0 spiro atoms. The van der Waals surface area contributed by atoms with E-state index in [0.717, 1.165) is 38.5 Å². The molecule has 27 heavy (non-hydrogen) atoms. The van der Waals surface area contributed by atoms with Crippen molar-refractivity contribution in [3.63, 3.8) is 0 Å². The molecule has 0 bridgehead atoms. The summed E-state index contributed by atoms with van der Waals surface area (Å²) in [6.45, 7) is 5.57. The average Bonchev–Trinajstić information content (AvgIpc) is 3.09. The Bertz CT molecular complexity index is 807. The van der Waals surface area contributed by atoms with E-state index in [2.05, 4.69) is 20.5 Å². The highest BCUT2D eigenvalue weighted by Crippen LogP contribution is 2.18. The summed E-state index contributed by atoms with van der Waals surface area (Å²) in [7, 11) is 0. The number of hydrogen-bond donors (Lipinski definition) is 2. The average molecular weight is 409 g/mol. The molecule has 1 aromatic carbocycles. The van der Waals surface area contributed by atoms with Crippen LogP contribution in [0.3, 0.4) is 0 Å². The van der Waals surface area contributed by atoms with Gasteiger partial charge in [0.1, 0.15) is 6.04 Å². The number of nitrogens with one attached hydrogen (secondary N) is 2. The number of amides is 2. The van der Waals surface area contributed by atoms with Gasteiger partial charge in [-0.1, -0.05) is 23.7 Å². The molecule has 1 fully saturated rings. The minimum atomic E-state index is -0.722. The number of thiazole rings is 1. The fraction of sp³-hybridized carbons (Fsp3) is 0.389. The summed E-state index contributed by atoms with van der Waals surface area (Å²) >= 11 is 7.38. The number of benzene rings is 1. The maximum atomic E-state index is 12.3. The van der Waals surface area contributed by atoms with Gasteiger partial charge in [-0.2, -0.15) is 0 Å². The number of hydrogen-bond acceptors (Lipinski definition) is 6. The van der Waals surface area contributed by atoms with Crippen LogP contribution >= 0.6 is 22.9 Å². The Morgan fingerprint density at radius 3 is 2.81 bits per heavy atom. The van der Waals surface area contributed by atoms with Crippen molar-refractivity contribution in [2.75, 3.05) is 31.6 Å². The van der Waals surface area contributed by atoms with Crippen molar-refractivity contribution in [1.82, 2.24) is 15.2 Å². The molecule has 1 aliphatic heterocycles. The van der Waals surface area contributed by atoms with Crippen molar-refractivity contribution in [2.24, 2.45) is 0 Å². The summed E-state index contributed by atoms with van der Waals surface area (Å²) in [5, 5.41) is 8.18.